The van der Waals surface area contributed by atoms with Crippen LogP contribution in [-0.4, -0.2) is 38.4 Å². The number of nitrogens with one attached hydrogen (secondary N) is 2. The third kappa shape index (κ3) is 4.52. The van der Waals surface area contributed by atoms with Crippen molar-refractivity contribution in [1.82, 2.24) is 5.32 Å². The molecule has 1 unspecified atom stereocenters. The Hall–Kier alpha value is -1.43. The molecule has 1 aromatic rings. The first kappa shape index (κ1) is 15.9. The van der Waals surface area contributed by atoms with Crippen molar-refractivity contribution in [1.29, 1.82) is 5.26 Å². The Balaban J connectivity index is 1.97. The van der Waals surface area contributed by atoms with Crippen molar-refractivity contribution in [2.75, 3.05) is 23.4 Å². The number of sulfone groups is 1. The van der Waals surface area contributed by atoms with E-state index in [0.717, 1.165) is 0 Å². The molecule has 8 heteroatoms. The lowest BCUT2D eigenvalue weighted by Gasteiger charge is -2.23. The second kappa shape index (κ2) is 6.56. The smallest absolute Gasteiger partial charge is 0.226 e. The number of hydrogen-bond donors (Lipinski definition) is 2. The molecule has 1 amide bonds. The molecule has 0 radical (unpaired) electrons. The van der Waals surface area contributed by atoms with Gasteiger partial charge in [-0.2, -0.15) is 5.26 Å². The molecule has 0 bridgehead atoms. The fourth-order valence-corrected chi connectivity index (χ4v) is 4.03. The number of anilines is 1. The Morgan fingerprint density at radius 2 is 2.29 bits per heavy atom. The zero-order valence-corrected chi connectivity index (χ0v) is 13.5. The second-order valence-corrected chi connectivity index (χ2v) is 7.91. The zero-order chi connectivity index (χ0) is 15.5. The van der Waals surface area contributed by atoms with Crippen LogP contribution in [0.5, 0.6) is 0 Å². The van der Waals surface area contributed by atoms with Gasteiger partial charge in [-0.05, 0) is 34.1 Å². The van der Waals surface area contributed by atoms with Gasteiger partial charge in [-0.1, -0.05) is 0 Å². The zero-order valence-electron chi connectivity index (χ0n) is 11.1. The van der Waals surface area contributed by atoms with Crippen molar-refractivity contribution >= 4 is 37.4 Å². The van der Waals surface area contributed by atoms with Crippen molar-refractivity contribution < 1.29 is 13.2 Å². The maximum absolute atomic E-state index is 12.0. The highest BCUT2D eigenvalue weighted by atomic mass is 79.9. The number of nitriles is 1. The van der Waals surface area contributed by atoms with Gasteiger partial charge in [-0.15, -0.1) is 0 Å². The van der Waals surface area contributed by atoms with Crippen LogP contribution >= 0.6 is 15.9 Å². The van der Waals surface area contributed by atoms with Crippen LogP contribution in [0.3, 0.4) is 0 Å². The van der Waals surface area contributed by atoms with Gasteiger partial charge < -0.3 is 10.6 Å². The predicted octanol–water partition coefficient (Wildman–Crippen LogP) is 1.04. The highest BCUT2D eigenvalue weighted by Gasteiger charge is 2.26. The highest BCUT2D eigenvalue weighted by molar-refractivity contribution is 9.10. The maximum atomic E-state index is 12.0. The van der Waals surface area contributed by atoms with E-state index in [4.69, 9.17) is 5.26 Å². The van der Waals surface area contributed by atoms with Crippen molar-refractivity contribution in [3.8, 4) is 6.07 Å². The van der Waals surface area contributed by atoms with Gasteiger partial charge >= 0.3 is 0 Å². The quantitative estimate of drug-likeness (QED) is 0.826. The summed E-state index contributed by atoms with van der Waals surface area (Å²) in [6.07, 6.45) is 0.0890. The first-order chi connectivity index (χ1) is 9.89. The number of hydrogen-bond acceptors (Lipinski definition) is 5. The molecule has 2 N–H and O–H groups in total. The fourth-order valence-electron chi connectivity index (χ4n) is 2.11. The molecule has 2 rings (SSSR count). The van der Waals surface area contributed by atoms with Gasteiger partial charge in [0.05, 0.1) is 28.8 Å². The summed E-state index contributed by atoms with van der Waals surface area (Å²) in [6.45, 7) is 0.376. The molecule has 1 heterocycles. The van der Waals surface area contributed by atoms with Gasteiger partial charge in [0.1, 0.15) is 0 Å². The van der Waals surface area contributed by atoms with E-state index < -0.39 is 9.84 Å². The van der Waals surface area contributed by atoms with E-state index in [-0.39, 0.29) is 29.9 Å². The van der Waals surface area contributed by atoms with Crippen LogP contribution in [-0.2, 0) is 14.6 Å². The molecule has 1 saturated heterocycles. The molecule has 1 aliphatic rings. The van der Waals surface area contributed by atoms with Gasteiger partial charge in [-0.3, -0.25) is 4.79 Å². The molecule has 1 atom stereocenters. The Morgan fingerprint density at radius 3 is 2.90 bits per heavy atom. The van der Waals surface area contributed by atoms with Gasteiger partial charge in [-0.25, -0.2) is 8.42 Å². The van der Waals surface area contributed by atoms with Crippen molar-refractivity contribution in [3.05, 3.63) is 28.2 Å². The van der Waals surface area contributed by atoms with Crippen LogP contribution in [0, 0.1) is 11.3 Å². The highest BCUT2D eigenvalue weighted by Crippen LogP contribution is 2.23. The number of benzene rings is 1. The largest absolute Gasteiger partial charge is 0.325 e. The van der Waals surface area contributed by atoms with Crippen molar-refractivity contribution in [2.45, 2.75) is 12.5 Å². The molecule has 0 aliphatic carbocycles. The molecule has 21 heavy (non-hydrogen) atoms. The number of nitrogens with zero attached hydrogens (tertiary/aromatic N) is 1. The van der Waals surface area contributed by atoms with Crippen LogP contribution in [0.4, 0.5) is 5.69 Å². The van der Waals surface area contributed by atoms with Crippen LogP contribution in [0.25, 0.3) is 0 Å². The maximum Gasteiger partial charge on any atom is 0.226 e. The molecule has 1 aromatic carbocycles. The normalized spacial score (nSPS) is 20.5. The first-order valence-electron chi connectivity index (χ1n) is 6.33. The Labute approximate surface area is 131 Å². The summed E-state index contributed by atoms with van der Waals surface area (Å²) in [4.78, 5) is 12.0. The SMILES string of the molecule is N#Cc1ccc(NC(=O)CC2CS(=O)(=O)CCN2)c(Br)c1. The van der Waals surface area contributed by atoms with Crippen molar-refractivity contribution in [3.63, 3.8) is 0 Å². The third-order valence-electron chi connectivity index (χ3n) is 3.11. The van der Waals surface area contributed by atoms with Gasteiger partial charge in [0.25, 0.3) is 0 Å². The topological polar surface area (TPSA) is 99.1 Å². The molecule has 1 aliphatic heterocycles. The van der Waals surface area contributed by atoms with Gasteiger partial charge in [0.2, 0.25) is 5.91 Å². The number of amides is 1. The number of carbonyl (C=O) groups excluding carboxylic acids is 1. The molecule has 0 aromatic heterocycles. The summed E-state index contributed by atoms with van der Waals surface area (Å²) in [6, 6.07) is 6.48. The van der Waals surface area contributed by atoms with Crippen LogP contribution < -0.4 is 10.6 Å². The Bertz CT molecular complexity index is 697. The van der Waals surface area contributed by atoms with E-state index in [0.29, 0.717) is 22.3 Å². The molecular formula is C13H14BrN3O3S. The van der Waals surface area contributed by atoms with Gasteiger partial charge in [0.15, 0.2) is 9.84 Å². The van der Waals surface area contributed by atoms with E-state index in [2.05, 4.69) is 26.6 Å². The van der Waals surface area contributed by atoms with E-state index in [1.165, 1.54) is 0 Å². The molecule has 6 nitrogen and oxygen atoms in total. The minimum absolute atomic E-state index is 0.0189. The van der Waals surface area contributed by atoms with Crippen LogP contribution in [0.2, 0.25) is 0 Å². The Kier molecular flexibility index (Phi) is 4.98. The van der Waals surface area contributed by atoms with E-state index >= 15 is 0 Å². The monoisotopic (exact) mass is 371 g/mol. The van der Waals surface area contributed by atoms with E-state index in [1.54, 1.807) is 18.2 Å². The average molecular weight is 372 g/mol. The minimum atomic E-state index is -3.06. The van der Waals surface area contributed by atoms with E-state index in [1.807, 2.05) is 6.07 Å². The van der Waals surface area contributed by atoms with Crippen molar-refractivity contribution in [2.24, 2.45) is 0 Å². The average Bonchev–Trinajstić information content (AvgIpc) is 2.39. The number of rotatable bonds is 3. The number of carbonyl (C=O) groups is 1. The lowest BCUT2D eigenvalue weighted by Crippen LogP contribution is -2.46. The summed E-state index contributed by atoms with van der Waals surface area (Å²) in [5, 5.41) is 14.5. The lowest BCUT2D eigenvalue weighted by atomic mass is 10.2. The summed E-state index contributed by atoms with van der Waals surface area (Å²) in [7, 11) is -3.06. The molecular weight excluding hydrogens is 358 g/mol. The third-order valence-corrected chi connectivity index (χ3v) is 5.50. The minimum Gasteiger partial charge on any atom is -0.325 e. The second-order valence-electron chi connectivity index (χ2n) is 4.82. The Morgan fingerprint density at radius 1 is 1.52 bits per heavy atom. The van der Waals surface area contributed by atoms with Crippen LogP contribution in [0.15, 0.2) is 22.7 Å². The van der Waals surface area contributed by atoms with E-state index in [9.17, 15) is 13.2 Å². The summed E-state index contributed by atoms with van der Waals surface area (Å²) < 4.78 is 23.6. The lowest BCUT2D eigenvalue weighted by molar-refractivity contribution is -0.116. The number of halogens is 1. The first-order valence-corrected chi connectivity index (χ1v) is 8.94. The molecule has 112 valence electrons. The van der Waals surface area contributed by atoms with Crippen LogP contribution in [0.1, 0.15) is 12.0 Å². The molecule has 1 fully saturated rings. The standard InChI is InChI=1S/C13H14BrN3O3S/c14-11-5-9(7-15)1-2-12(11)17-13(18)6-10-8-21(19,20)4-3-16-10/h1-2,5,10,16H,3-4,6,8H2,(H,17,18). The summed E-state index contributed by atoms with van der Waals surface area (Å²) in [5.74, 6) is -0.170. The summed E-state index contributed by atoms with van der Waals surface area (Å²) in [5.41, 5.74) is 1.04. The fraction of sp³-hybridized carbons (Fsp3) is 0.385. The van der Waals surface area contributed by atoms with Gasteiger partial charge in [0, 0.05) is 23.5 Å². The predicted molar refractivity (Wildman–Crippen MR) is 82.5 cm³/mol. The molecule has 0 spiro atoms. The molecule has 0 saturated carbocycles. The summed E-state index contributed by atoms with van der Waals surface area (Å²) >= 11 is 3.28.